The van der Waals surface area contributed by atoms with E-state index < -0.39 is 11.9 Å². The largest absolute Gasteiger partial charge is 0.481 e. The molecule has 0 heterocycles. The van der Waals surface area contributed by atoms with E-state index in [1.165, 1.54) is 0 Å². The lowest BCUT2D eigenvalue weighted by molar-refractivity contribution is -0.144. The van der Waals surface area contributed by atoms with Crippen LogP contribution in [0.2, 0.25) is 0 Å². The highest BCUT2D eigenvalue weighted by Gasteiger charge is 2.27. The Hall–Kier alpha value is -2.10. The van der Waals surface area contributed by atoms with Gasteiger partial charge in [0.1, 0.15) is 0 Å². The molecular weight excluding hydrogens is 266 g/mol. The molecule has 4 nitrogen and oxygen atoms in total. The van der Waals surface area contributed by atoms with Gasteiger partial charge in [0.05, 0.1) is 5.92 Å². The van der Waals surface area contributed by atoms with Crippen molar-refractivity contribution in [2.45, 2.75) is 26.3 Å². The molecule has 0 radical (unpaired) electrons. The van der Waals surface area contributed by atoms with E-state index in [0.717, 1.165) is 18.4 Å². The molecule has 0 aromatic heterocycles. The van der Waals surface area contributed by atoms with Crippen molar-refractivity contribution in [1.82, 2.24) is 4.90 Å². The molecule has 0 unspecified atom stereocenters. The van der Waals surface area contributed by atoms with Crippen LogP contribution in [-0.2, 0) is 16.1 Å². The number of allylic oxidation sites excluding steroid dienone is 2. The summed E-state index contributed by atoms with van der Waals surface area (Å²) in [5, 5.41) is 9.09. The molecule has 112 valence electrons. The van der Waals surface area contributed by atoms with Crippen LogP contribution in [0.4, 0.5) is 0 Å². The summed E-state index contributed by atoms with van der Waals surface area (Å²) >= 11 is 0. The lowest BCUT2D eigenvalue weighted by atomic mass is 10.0. The van der Waals surface area contributed by atoms with Crippen molar-refractivity contribution >= 4 is 11.9 Å². The fourth-order valence-electron chi connectivity index (χ4n) is 2.52. The molecule has 0 bridgehead atoms. The van der Waals surface area contributed by atoms with E-state index in [0.29, 0.717) is 6.54 Å². The summed E-state index contributed by atoms with van der Waals surface area (Å²) in [6.45, 7) is 2.36. The normalized spacial score (nSPS) is 15.9. The minimum Gasteiger partial charge on any atom is -0.481 e. The Morgan fingerprint density at radius 3 is 2.43 bits per heavy atom. The number of carbonyl (C=O) groups excluding carboxylic acids is 1. The minimum absolute atomic E-state index is 0.0327. The van der Waals surface area contributed by atoms with Gasteiger partial charge in [0, 0.05) is 19.0 Å². The van der Waals surface area contributed by atoms with Gasteiger partial charge >= 0.3 is 5.97 Å². The minimum atomic E-state index is -0.870. The van der Waals surface area contributed by atoms with Crippen molar-refractivity contribution in [2.75, 3.05) is 6.54 Å². The lowest BCUT2D eigenvalue weighted by Gasteiger charge is -2.27. The first-order valence-electron chi connectivity index (χ1n) is 7.28. The van der Waals surface area contributed by atoms with Gasteiger partial charge in [0.2, 0.25) is 5.91 Å². The molecule has 4 heteroatoms. The van der Waals surface area contributed by atoms with Crippen LogP contribution in [0.25, 0.3) is 0 Å². The first kappa shape index (κ1) is 15.3. The molecule has 1 aliphatic carbocycles. The number of carbonyl (C=O) groups is 2. The number of hydrogen-bond acceptors (Lipinski definition) is 2. The van der Waals surface area contributed by atoms with E-state index in [-0.39, 0.29) is 18.4 Å². The average Bonchev–Trinajstić information content (AvgIpc) is 3.01. The highest BCUT2D eigenvalue weighted by molar-refractivity contribution is 5.80. The Kier molecular flexibility index (Phi) is 5.14. The Morgan fingerprint density at radius 2 is 1.86 bits per heavy atom. The monoisotopic (exact) mass is 287 g/mol. The van der Waals surface area contributed by atoms with Crippen LogP contribution in [0.3, 0.4) is 0 Å². The maximum absolute atomic E-state index is 12.6. The molecule has 1 amide bonds. The highest BCUT2D eigenvalue weighted by Crippen LogP contribution is 2.22. The van der Waals surface area contributed by atoms with Gasteiger partial charge in [0.25, 0.3) is 0 Å². The standard InChI is InChI=1S/C17H21NO3/c1-13(17(20)21)11-18(12-14-7-3-2-4-8-14)16(19)15-9-5-6-10-15/h2-8,13,15H,9-12H2,1H3,(H,20,21)/t13-/m1/s1. The Morgan fingerprint density at radius 1 is 1.24 bits per heavy atom. The van der Waals surface area contributed by atoms with E-state index in [4.69, 9.17) is 5.11 Å². The molecule has 0 spiro atoms. The molecular formula is C17H21NO3. The van der Waals surface area contributed by atoms with Gasteiger partial charge in [-0.2, -0.15) is 0 Å². The molecule has 21 heavy (non-hydrogen) atoms. The Balaban J connectivity index is 2.09. The van der Waals surface area contributed by atoms with E-state index in [9.17, 15) is 9.59 Å². The van der Waals surface area contributed by atoms with Gasteiger partial charge < -0.3 is 10.0 Å². The van der Waals surface area contributed by atoms with E-state index in [1.54, 1.807) is 11.8 Å². The molecule has 0 saturated heterocycles. The van der Waals surface area contributed by atoms with Crippen molar-refractivity contribution in [2.24, 2.45) is 11.8 Å². The number of aliphatic carboxylic acids is 1. The SMILES string of the molecule is C[C@H](CN(Cc1ccccc1)C(=O)C1CC=CC1)C(=O)O. The molecule has 1 aromatic carbocycles. The quantitative estimate of drug-likeness (QED) is 0.818. The fourth-order valence-corrected chi connectivity index (χ4v) is 2.52. The zero-order chi connectivity index (χ0) is 15.2. The van der Waals surface area contributed by atoms with Crippen molar-refractivity contribution in [3.05, 3.63) is 48.0 Å². The predicted molar refractivity (Wildman–Crippen MR) is 80.5 cm³/mol. The van der Waals surface area contributed by atoms with Crippen LogP contribution in [0.15, 0.2) is 42.5 Å². The molecule has 0 fully saturated rings. The zero-order valence-electron chi connectivity index (χ0n) is 12.2. The number of hydrogen-bond donors (Lipinski definition) is 1. The van der Waals surface area contributed by atoms with E-state index in [1.807, 2.05) is 42.5 Å². The third-order valence-corrected chi connectivity index (χ3v) is 3.80. The number of rotatable bonds is 6. The van der Waals surface area contributed by atoms with E-state index in [2.05, 4.69) is 0 Å². The van der Waals surface area contributed by atoms with Gasteiger partial charge in [-0.05, 0) is 18.4 Å². The number of carboxylic acids is 1. The predicted octanol–water partition coefficient (Wildman–Crippen LogP) is 2.70. The maximum Gasteiger partial charge on any atom is 0.308 e. The van der Waals surface area contributed by atoms with Gasteiger partial charge in [0.15, 0.2) is 0 Å². The molecule has 0 aliphatic heterocycles. The van der Waals surface area contributed by atoms with Crippen LogP contribution >= 0.6 is 0 Å². The van der Waals surface area contributed by atoms with Gasteiger partial charge in [-0.25, -0.2) is 0 Å². The van der Waals surface area contributed by atoms with Gasteiger partial charge in [-0.3, -0.25) is 9.59 Å². The lowest BCUT2D eigenvalue weighted by Crippen LogP contribution is -2.39. The second-order valence-corrected chi connectivity index (χ2v) is 5.58. The Labute approximate surface area is 125 Å². The molecule has 1 atom stereocenters. The van der Waals surface area contributed by atoms with Crippen molar-refractivity contribution in [3.8, 4) is 0 Å². The van der Waals surface area contributed by atoms with Gasteiger partial charge in [-0.15, -0.1) is 0 Å². The first-order valence-corrected chi connectivity index (χ1v) is 7.28. The molecule has 1 aromatic rings. The van der Waals surface area contributed by atoms with Crippen LogP contribution in [0.5, 0.6) is 0 Å². The van der Waals surface area contributed by atoms with Crippen LogP contribution in [0.1, 0.15) is 25.3 Å². The molecule has 1 aliphatic rings. The summed E-state index contributed by atoms with van der Waals surface area (Å²) in [5.74, 6) is -1.41. The van der Waals surface area contributed by atoms with Gasteiger partial charge in [-0.1, -0.05) is 49.4 Å². The number of nitrogens with zero attached hydrogens (tertiary/aromatic N) is 1. The van der Waals surface area contributed by atoms with Crippen molar-refractivity contribution < 1.29 is 14.7 Å². The smallest absolute Gasteiger partial charge is 0.308 e. The zero-order valence-corrected chi connectivity index (χ0v) is 12.2. The number of amides is 1. The molecule has 1 N–H and O–H groups in total. The van der Waals surface area contributed by atoms with Crippen LogP contribution in [-0.4, -0.2) is 28.4 Å². The summed E-state index contributed by atoms with van der Waals surface area (Å²) < 4.78 is 0. The highest BCUT2D eigenvalue weighted by atomic mass is 16.4. The van der Waals surface area contributed by atoms with Crippen molar-refractivity contribution in [1.29, 1.82) is 0 Å². The average molecular weight is 287 g/mol. The Bertz CT molecular complexity index is 516. The molecule has 2 rings (SSSR count). The van der Waals surface area contributed by atoms with E-state index >= 15 is 0 Å². The summed E-state index contributed by atoms with van der Waals surface area (Å²) in [6.07, 6.45) is 5.55. The van der Waals surface area contributed by atoms with Crippen molar-refractivity contribution in [3.63, 3.8) is 0 Å². The first-order chi connectivity index (χ1) is 10.1. The molecule has 0 saturated carbocycles. The second kappa shape index (κ2) is 7.07. The topological polar surface area (TPSA) is 57.6 Å². The second-order valence-electron chi connectivity index (χ2n) is 5.58. The summed E-state index contributed by atoms with van der Waals surface area (Å²) in [6, 6.07) is 9.69. The summed E-state index contributed by atoms with van der Waals surface area (Å²) in [7, 11) is 0. The number of benzene rings is 1. The van der Waals surface area contributed by atoms with Crippen LogP contribution < -0.4 is 0 Å². The summed E-state index contributed by atoms with van der Waals surface area (Å²) in [5.41, 5.74) is 1.02. The maximum atomic E-state index is 12.6. The third-order valence-electron chi connectivity index (χ3n) is 3.80. The number of carboxylic acid groups (broad SMARTS) is 1. The summed E-state index contributed by atoms with van der Waals surface area (Å²) in [4.78, 5) is 25.4. The third kappa shape index (κ3) is 4.18. The fraction of sp³-hybridized carbons (Fsp3) is 0.412. The van der Waals surface area contributed by atoms with Crippen LogP contribution in [0, 0.1) is 11.8 Å².